The van der Waals surface area contributed by atoms with Gasteiger partial charge < -0.3 is 14.2 Å². The van der Waals surface area contributed by atoms with Crippen molar-refractivity contribution in [2.75, 3.05) is 26.7 Å². The van der Waals surface area contributed by atoms with E-state index in [1.165, 1.54) is 55.2 Å². The summed E-state index contributed by atoms with van der Waals surface area (Å²) in [5, 5.41) is 1.22. The Balaban J connectivity index is 1.18. The Labute approximate surface area is 219 Å². The molecule has 0 unspecified atom stereocenters. The molecule has 0 bridgehead atoms. The van der Waals surface area contributed by atoms with Gasteiger partial charge in [0.2, 0.25) is 5.91 Å². The average Bonchev–Trinajstić information content (AvgIpc) is 3.28. The molecule has 2 aromatic carbocycles. The number of hydrogen-bond acceptors (Lipinski definition) is 3. The predicted molar refractivity (Wildman–Crippen MR) is 148 cm³/mol. The van der Waals surface area contributed by atoms with Gasteiger partial charge in [-0.25, -0.2) is 0 Å². The molecule has 0 saturated carbocycles. The number of hydrogen-bond donors (Lipinski definition) is 0. The van der Waals surface area contributed by atoms with Crippen LogP contribution in [0.3, 0.4) is 0 Å². The summed E-state index contributed by atoms with van der Waals surface area (Å²) in [7, 11) is 1.70. The Morgan fingerprint density at radius 1 is 1.00 bits per heavy atom. The highest BCUT2D eigenvalue weighted by molar-refractivity contribution is 6.01. The maximum Gasteiger partial charge on any atom is 0.250 e. The average molecular weight is 496 g/mol. The smallest absolute Gasteiger partial charge is 0.250 e. The van der Waals surface area contributed by atoms with Crippen molar-refractivity contribution >= 4 is 22.9 Å². The fraction of sp³-hybridized carbons (Fsp3) is 0.469. The van der Waals surface area contributed by atoms with Crippen LogP contribution in [0.4, 0.5) is 0 Å². The molecule has 0 spiro atoms. The lowest BCUT2D eigenvalue weighted by molar-refractivity contribution is -0.145. The summed E-state index contributed by atoms with van der Waals surface area (Å²) in [5.41, 5.74) is 4.58. The number of nitrogens with zero attached hydrogens (tertiary/aromatic N) is 3. The zero-order valence-electron chi connectivity index (χ0n) is 21.8. The SMILES string of the molecule is COc1ccc(Cn2cc(/C=C3\CC[C@@H]4[C@H]5CCCN6CCC[C@H](CN4C3=O)[C@@H]56)c3ccccc32)cc1. The summed E-state index contributed by atoms with van der Waals surface area (Å²) >= 11 is 0. The minimum absolute atomic E-state index is 0.296. The third-order valence-corrected chi connectivity index (χ3v) is 9.58. The molecule has 3 aromatic rings. The van der Waals surface area contributed by atoms with Crippen LogP contribution in [-0.4, -0.2) is 59.1 Å². The number of ether oxygens (including phenoxy) is 1. The van der Waals surface area contributed by atoms with Crippen LogP contribution < -0.4 is 4.74 Å². The molecule has 7 rings (SSSR count). The summed E-state index contributed by atoms with van der Waals surface area (Å²) in [4.78, 5) is 19.0. The van der Waals surface area contributed by atoms with Crippen LogP contribution in [0.25, 0.3) is 17.0 Å². The van der Waals surface area contributed by atoms with Crippen LogP contribution in [-0.2, 0) is 11.3 Å². The van der Waals surface area contributed by atoms with Crippen molar-refractivity contribution in [1.82, 2.24) is 14.4 Å². The molecule has 5 nitrogen and oxygen atoms in total. The highest BCUT2D eigenvalue weighted by Gasteiger charge is 2.51. The number of fused-ring (bicyclic) bond motifs is 3. The summed E-state index contributed by atoms with van der Waals surface area (Å²) < 4.78 is 7.63. The molecule has 4 aliphatic heterocycles. The molecule has 192 valence electrons. The second-order valence-corrected chi connectivity index (χ2v) is 11.5. The minimum Gasteiger partial charge on any atom is -0.497 e. The highest BCUT2D eigenvalue weighted by Crippen LogP contribution is 2.45. The van der Waals surface area contributed by atoms with Crippen LogP contribution >= 0.6 is 0 Å². The topological polar surface area (TPSA) is 37.7 Å². The molecule has 1 amide bonds. The number of amides is 1. The first-order chi connectivity index (χ1) is 18.2. The zero-order chi connectivity index (χ0) is 24.9. The number of aromatic nitrogens is 1. The maximum atomic E-state index is 13.9. The third kappa shape index (κ3) is 3.99. The number of carbonyl (C=O) groups excluding carboxylic acids is 1. The molecule has 0 radical (unpaired) electrons. The summed E-state index contributed by atoms with van der Waals surface area (Å²) in [6.45, 7) is 4.28. The molecule has 0 N–H and O–H groups in total. The molecule has 37 heavy (non-hydrogen) atoms. The van der Waals surface area contributed by atoms with Crippen molar-refractivity contribution in [3.05, 3.63) is 71.4 Å². The van der Waals surface area contributed by atoms with E-state index < -0.39 is 0 Å². The lowest BCUT2D eigenvalue weighted by Gasteiger charge is -2.58. The van der Waals surface area contributed by atoms with Gasteiger partial charge in [-0.15, -0.1) is 0 Å². The van der Waals surface area contributed by atoms with Gasteiger partial charge in [0.25, 0.3) is 0 Å². The molecule has 4 aliphatic rings. The number of piperidine rings is 4. The van der Waals surface area contributed by atoms with Crippen molar-refractivity contribution in [2.24, 2.45) is 11.8 Å². The first-order valence-electron chi connectivity index (χ1n) is 14.2. The molecule has 5 heterocycles. The predicted octanol–water partition coefficient (Wildman–Crippen LogP) is 5.58. The summed E-state index contributed by atoms with van der Waals surface area (Å²) in [6, 6.07) is 18.0. The number of carbonyl (C=O) groups is 1. The van der Waals surface area contributed by atoms with Crippen molar-refractivity contribution in [3.8, 4) is 5.75 Å². The van der Waals surface area contributed by atoms with Gasteiger partial charge in [0.15, 0.2) is 0 Å². The fourth-order valence-corrected chi connectivity index (χ4v) is 7.96. The van der Waals surface area contributed by atoms with Crippen molar-refractivity contribution < 1.29 is 9.53 Å². The van der Waals surface area contributed by atoms with Crippen molar-refractivity contribution in [2.45, 2.75) is 57.2 Å². The molecular formula is C32H37N3O2. The number of para-hydroxylation sites is 1. The Hall–Kier alpha value is -3.05. The number of benzene rings is 2. The third-order valence-electron chi connectivity index (χ3n) is 9.58. The molecule has 1 aromatic heterocycles. The van der Waals surface area contributed by atoms with E-state index >= 15 is 0 Å². The standard InChI is InChI=1S/C32H37N3O2/c1-37-26-13-10-22(11-14-26)19-34-20-25(27-7-2-3-9-29(27)34)18-23-12-15-30-28-8-5-17-33-16-4-6-24(31(28)33)21-35(30)32(23)36/h2-3,7,9-11,13-14,18,20,24,28,30-31H,4-6,8,12,15-17,19,21H2,1H3/b23-18+/t24-,28-,30-,31+/m1/s1. The van der Waals surface area contributed by atoms with Gasteiger partial charge in [-0.05, 0) is 93.3 Å². The first-order valence-corrected chi connectivity index (χ1v) is 14.2. The molecule has 0 aliphatic carbocycles. The Morgan fingerprint density at radius 2 is 1.81 bits per heavy atom. The molecule has 4 fully saturated rings. The van der Waals surface area contributed by atoms with Crippen LogP contribution in [0.1, 0.15) is 49.7 Å². The van der Waals surface area contributed by atoms with Crippen molar-refractivity contribution in [3.63, 3.8) is 0 Å². The second-order valence-electron chi connectivity index (χ2n) is 11.5. The van der Waals surface area contributed by atoms with E-state index in [9.17, 15) is 4.79 Å². The quantitative estimate of drug-likeness (QED) is 0.444. The molecule has 4 saturated heterocycles. The normalized spacial score (nSPS) is 28.8. The maximum absolute atomic E-state index is 13.9. The number of rotatable bonds is 4. The lowest BCUT2D eigenvalue weighted by atomic mass is 9.67. The van der Waals surface area contributed by atoms with Gasteiger partial charge in [0, 0.05) is 53.4 Å². The van der Waals surface area contributed by atoms with E-state index in [1.807, 2.05) is 12.1 Å². The monoisotopic (exact) mass is 495 g/mol. The Bertz CT molecular complexity index is 1340. The summed E-state index contributed by atoms with van der Waals surface area (Å²) in [6.07, 6.45) is 11.6. The van der Waals surface area contributed by atoms with E-state index in [4.69, 9.17) is 4.74 Å². The molecule has 4 atom stereocenters. The zero-order valence-corrected chi connectivity index (χ0v) is 21.8. The lowest BCUT2D eigenvalue weighted by Crippen LogP contribution is -2.66. The number of methoxy groups -OCH3 is 1. The van der Waals surface area contributed by atoms with Crippen LogP contribution in [0.2, 0.25) is 0 Å². The first kappa shape index (κ1) is 23.1. The molecular weight excluding hydrogens is 458 g/mol. The second kappa shape index (κ2) is 9.36. The largest absolute Gasteiger partial charge is 0.497 e. The van der Waals surface area contributed by atoms with Gasteiger partial charge in [-0.1, -0.05) is 30.3 Å². The van der Waals surface area contributed by atoms with Gasteiger partial charge >= 0.3 is 0 Å². The van der Waals surface area contributed by atoms with E-state index in [2.05, 4.69) is 63.0 Å². The summed E-state index contributed by atoms with van der Waals surface area (Å²) in [5.74, 6) is 2.50. The van der Waals surface area contributed by atoms with Crippen LogP contribution in [0.5, 0.6) is 5.75 Å². The minimum atomic E-state index is 0.296. The Kier molecular flexibility index (Phi) is 5.84. The fourth-order valence-electron chi connectivity index (χ4n) is 7.96. The van der Waals surface area contributed by atoms with Gasteiger partial charge in [0.1, 0.15) is 5.75 Å². The van der Waals surface area contributed by atoms with E-state index in [0.29, 0.717) is 23.8 Å². The van der Waals surface area contributed by atoms with Crippen molar-refractivity contribution in [1.29, 1.82) is 0 Å². The van der Waals surface area contributed by atoms with Gasteiger partial charge in [-0.2, -0.15) is 0 Å². The van der Waals surface area contributed by atoms with E-state index in [-0.39, 0.29) is 0 Å². The molecule has 5 heteroatoms. The van der Waals surface area contributed by atoms with Crippen LogP contribution in [0, 0.1) is 11.8 Å². The highest BCUT2D eigenvalue weighted by atomic mass is 16.5. The van der Waals surface area contributed by atoms with E-state index in [1.54, 1.807) is 7.11 Å². The van der Waals surface area contributed by atoms with Gasteiger partial charge in [0.05, 0.1) is 7.11 Å². The van der Waals surface area contributed by atoms with E-state index in [0.717, 1.165) is 48.9 Å². The van der Waals surface area contributed by atoms with Gasteiger partial charge in [-0.3, -0.25) is 9.69 Å². The van der Waals surface area contributed by atoms with Crippen LogP contribution in [0.15, 0.2) is 60.3 Å². The Morgan fingerprint density at radius 3 is 2.65 bits per heavy atom.